The molecule has 0 spiro atoms. The zero-order valence-electron chi connectivity index (χ0n) is 9.24. The summed E-state index contributed by atoms with van der Waals surface area (Å²) < 4.78 is 4.80. The maximum Gasteiger partial charge on any atom is 0.320 e. The summed E-state index contributed by atoms with van der Waals surface area (Å²) in [6, 6.07) is 0. The molecule has 0 aromatic carbocycles. The summed E-state index contributed by atoms with van der Waals surface area (Å²) in [4.78, 5) is 4.09. The Morgan fingerprint density at radius 2 is 1.93 bits per heavy atom. The summed E-state index contributed by atoms with van der Waals surface area (Å²) in [6.07, 6.45) is 4.88. The van der Waals surface area contributed by atoms with Gasteiger partial charge >= 0.3 is 5.35 Å². The van der Waals surface area contributed by atoms with Gasteiger partial charge in [-0.3, -0.25) is 0 Å². The van der Waals surface area contributed by atoms with Crippen molar-refractivity contribution in [3.8, 4) is 0 Å². The second-order valence-corrected chi connectivity index (χ2v) is 5.08. The van der Waals surface area contributed by atoms with Gasteiger partial charge in [0.05, 0.1) is 0 Å². The standard InChI is InChI=1S/C11H17ClN2O/c1-7(2)8-3-5-9(6-4-8)10-13-11(12)15-14-10/h7-9H,3-6H2,1-2H3. The molecule has 0 unspecified atom stereocenters. The maximum atomic E-state index is 5.62. The lowest BCUT2D eigenvalue weighted by molar-refractivity contribution is 0.252. The van der Waals surface area contributed by atoms with Gasteiger partial charge in [0.1, 0.15) is 0 Å². The third-order valence-corrected chi connectivity index (χ3v) is 3.65. The maximum absolute atomic E-state index is 5.62. The summed E-state index contributed by atoms with van der Waals surface area (Å²) in [5.74, 6) is 2.90. The van der Waals surface area contributed by atoms with Gasteiger partial charge in [0.15, 0.2) is 5.82 Å². The number of nitrogens with zero attached hydrogens (tertiary/aromatic N) is 2. The van der Waals surface area contributed by atoms with Crippen LogP contribution >= 0.6 is 11.6 Å². The first kappa shape index (κ1) is 10.9. The van der Waals surface area contributed by atoms with Gasteiger partial charge in [-0.05, 0) is 49.1 Å². The minimum Gasteiger partial charge on any atom is -0.321 e. The predicted octanol–water partition coefficient (Wildman–Crippen LogP) is 3.65. The van der Waals surface area contributed by atoms with E-state index in [0.717, 1.165) is 17.7 Å². The van der Waals surface area contributed by atoms with Crippen LogP contribution < -0.4 is 0 Å². The highest BCUT2D eigenvalue weighted by Crippen LogP contribution is 2.37. The third kappa shape index (κ3) is 2.51. The van der Waals surface area contributed by atoms with Crippen LogP contribution in [0.15, 0.2) is 4.52 Å². The zero-order valence-corrected chi connectivity index (χ0v) is 10.00. The second-order valence-electron chi connectivity index (χ2n) is 4.76. The van der Waals surface area contributed by atoms with E-state index in [9.17, 15) is 0 Å². The van der Waals surface area contributed by atoms with Crippen LogP contribution in [0.4, 0.5) is 0 Å². The highest BCUT2D eigenvalue weighted by Gasteiger charge is 2.26. The van der Waals surface area contributed by atoms with Crippen molar-refractivity contribution < 1.29 is 4.52 Å². The highest BCUT2D eigenvalue weighted by atomic mass is 35.5. The van der Waals surface area contributed by atoms with Gasteiger partial charge in [0.2, 0.25) is 0 Å². The van der Waals surface area contributed by atoms with E-state index in [0.29, 0.717) is 5.92 Å². The Hall–Kier alpha value is -0.570. The van der Waals surface area contributed by atoms with Gasteiger partial charge in [-0.15, -0.1) is 0 Å². The molecule has 4 heteroatoms. The van der Waals surface area contributed by atoms with Crippen molar-refractivity contribution in [1.82, 2.24) is 10.1 Å². The van der Waals surface area contributed by atoms with Gasteiger partial charge in [0, 0.05) is 5.92 Å². The number of aromatic nitrogens is 2. The molecular weight excluding hydrogens is 212 g/mol. The number of rotatable bonds is 2. The van der Waals surface area contributed by atoms with Crippen molar-refractivity contribution >= 4 is 11.6 Å². The van der Waals surface area contributed by atoms with Crippen LogP contribution in [0, 0.1) is 11.8 Å². The quantitative estimate of drug-likeness (QED) is 0.776. The Bertz CT molecular complexity index is 316. The Morgan fingerprint density at radius 3 is 2.40 bits per heavy atom. The summed E-state index contributed by atoms with van der Waals surface area (Å²) in [6.45, 7) is 4.60. The van der Waals surface area contributed by atoms with E-state index in [1.807, 2.05) is 0 Å². The molecule has 1 saturated carbocycles. The SMILES string of the molecule is CC(C)C1CCC(c2noc(Cl)n2)CC1. The van der Waals surface area contributed by atoms with Crippen LogP contribution in [0.2, 0.25) is 5.35 Å². The molecule has 0 atom stereocenters. The fourth-order valence-corrected chi connectivity index (χ4v) is 2.55. The largest absolute Gasteiger partial charge is 0.321 e. The van der Waals surface area contributed by atoms with E-state index >= 15 is 0 Å². The van der Waals surface area contributed by atoms with E-state index in [-0.39, 0.29) is 5.35 Å². The topological polar surface area (TPSA) is 38.9 Å². The van der Waals surface area contributed by atoms with E-state index in [1.165, 1.54) is 25.7 Å². The first-order valence-electron chi connectivity index (χ1n) is 5.66. The Morgan fingerprint density at radius 1 is 1.27 bits per heavy atom. The van der Waals surface area contributed by atoms with Crippen LogP contribution in [0.1, 0.15) is 51.3 Å². The molecule has 1 aliphatic carbocycles. The first-order chi connectivity index (χ1) is 7.16. The van der Waals surface area contributed by atoms with Crippen LogP contribution in [-0.2, 0) is 0 Å². The molecular formula is C11H17ClN2O. The van der Waals surface area contributed by atoms with E-state index in [4.69, 9.17) is 16.1 Å². The lowest BCUT2D eigenvalue weighted by Gasteiger charge is -2.29. The highest BCUT2D eigenvalue weighted by molar-refractivity contribution is 6.27. The number of halogens is 1. The van der Waals surface area contributed by atoms with Crippen molar-refractivity contribution in [1.29, 1.82) is 0 Å². The molecule has 2 rings (SSSR count). The minimum absolute atomic E-state index is 0.163. The molecule has 0 aliphatic heterocycles. The van der Waals surface area contributed by atoms with Crippen molar-refractivity contribution in [3.63, 3.8) is 0 Å². The summed E-state index contributed by atoms with van der Waals surface area (Å²) in [5.41, 5.74) is 0. The molecule has 1 fully saturated rings. The lowest BCUT2D eigenvalue weighted by atomic mass is 9.77. The monoisotopic (exact) mass is 228 g/mol. The summed E-state index contributed by atoms with van der Waals surface area (Å²) in [5, 5.41) is 4.05. The number of hydrogen-bond acceptors (Lipinski definition) is 3. The lowest BCUT2D eigenvalue weighted by Crippen LogP contribution is -2.18. The van der Waals surface area contributed by atoms with E-state index in [2.05, 4.69) is 24.0 Å². The predicted molar refractivity (Wildman–Crippen MR) is 58.8 cm³/mol. The molecule has 0 N–H and O–H groups in total. The minimum atomic E-state index is 0.163. The van der Waals surface area contributed by atoms with E-state index in [1.54, 1.807) is 0 Å². The van der Waals surface area contributed by atoms with Crippen LogP contribution in [-0.4, -0.2) is 10.1 Å². The fourth-order valence-electron chi connectivity index (χ4n) is 2.43. The van der Waals surface area contributed by atoms with Crippen LogP contribution in [0.25, 0.3) is 0 Å². The smallest absolute Gasteiger partial charge is 0.320 e. The summed E-state index contributed by atoms with van der Waals surface area (Å²) >= 11 is 5.62. The molecule has 84 valence electrons. The fraction of sp³-hybridized carbons (Fsp3) is 0.818. The molecule has 3 nitrogen and oxygen atoms in total. The first-order valence-corrected chi connectivity index (χ1v) is 6.03. The molecule has 1 heterocycles. The molecule has 0 saturated heterocycles. The van der Waals surface area contributed by atoms with Gasteiger partial charge in [0.25, 0.3) is 0 Å². The third-order valence-electron chi connectivity index (χ3n) is 3.50. The average Bonchev–Trinajstić information content (AvgIpc) is 2.65. The van der Waals surface area contributed by atoms with Crippen molar-refractivity contribution in [2.75, 3.05) is 0 Å². The Balaban J connectivity index is 1.93. The molecule has 0 amide bonds. The van der Waals surface area contributed by atoms with Gasteiger partial charge in [-0.2, -0.15) is 4.98 Å². The molecule has 1 aromatic rings. The van der Waals surface area contributed by atoms with Gasteiger partial charge in [-0.25, -0.2) is 0 Å². The van der Waals surface area contributed by atoms with Crippen LogP contribution in [0.5, 0.6) is 0 Å². The molecule has 15 heavy (non-hydrogen) atoms. The Labute approximate surface area is 95.2 Å². The van der Waals surface area contributed by atoms with Crippen molar-refractivity contribution in [2.45, 2.75) is 45.4 Å². The zero-order chi connectivity index (χ0) is 10.8. The Kier molecular flexibility index (Phi) is 3.29. The molecule has 0 bridgehead atoms. The normalized spacial score (nSPS) is 27.2. The van der Waals surface area contributed by atoms with Crippen LogP contribution in [0.3, 0.4) is 0 Å². The molecule has 0 radical (unpaired) electrons. The van der Waals surface area contributed by atoms with Gasteiger partial charge in [-0.1, -0.05) is 19.0 Å². The molecule has 1 aliphatic rings. The summed E-state index contributed by atoms with van der Waals surface area (Å²) in [7, 11) is 0. The van der Waals surface area contributed by atoms with E-state index < -0.39 is 0 Å². The van der Waals surface area contributed by atoms with Gasteiger partial charge < -0.3 is 4.52 Å². The molecule has 1 aromatic heterocycles. The van der Waals surface area contributed by atoms with Crippen molar-refractivity contribution in [2.24, 2.45) is 11.8 Å². The number of hydrogen-bond donors (Lipinski definition) is 0. The van der Waals surface area contributed by atoms with Crippen molar-refractivity contribution in [3.05, 3.63) is 11.2 Å². The second kappa shape index (κ2) is 4.52. The average molecular weight is 229 g/mol.